The van der Waals surface area contributed by atoms with E-state index in [1.54, 1.807) is 69.3 Å². The minimum Gasteiger partial charge on any atom is -0.465 e. The molecule has 45 heavy (non-hydrogen) atoms. The van der Waals surface area contributed by atoms with Crippen LogP contribution >= 0.6 is 23.7 Å². The maximum atomic E-state index is 14.2. The molecule has 1 heterocycles. The smallest absolute Gasteiger partial charge is 0.460 e. The van der Waals surface area contributed by atoms with E-state index in [4.69, 9.17) is 26.2 Å². The molecule has 9 nitrogen and oxygen atoms in total. The number of urea groups is 1. The Labute approximate surface area is 267 Å². The number of alkyl halides is 3. The van der Waals surface area contributed by atoms with Crippen molar-refractivity contribution in [3.8, 4) is 0 Å². The second-order valence-electron chi connectivity index (χ2n) is 10.2. The normalized spacial score (nSPS) is 17.9. The predicted octanol–water partition coefficient (Wildman–Crippen LogP) is 8.13. The number of methoxy groups -OCH3 is 1. The zero-order valence-corrected chi connectivity index (χ0v) is 26.4. The first kappa shape index (κ1) is 33.8. The van der Waals surface area contributed by atoms with Gasteiger partial charge in [0.25, 0.3) is 0 Å². The largest absolute Gasteiger partial charge is 0.465 e. The Morgan fingerprint density at radius 2 is 1.67 bits per heavy atom. The summed E-state index contributed by atoms with van der Waals surface area (Å²) in [5.41, 5.74) is 1.41. The standard InChI is InChI=1S/C31H30ClF3N4O5S/c1-5-44-30(42)38(19(2)3)45-39(29(41)36-25-16-12-23(13-17-25)31(33,34)35)18-26(20-6-8-22(9-7-20)28(40)43-4)27(37-39)21-10-14-24(32)15-11-21/h6-17,19,26H,5,18H2,1-4H3/p+1. The molecule has 14 heteroatoms. The number of anilines is 1. The fourth-order valence-corrected chi connectivity index (χ4v) is 5.76. The van der Waals surface area contributed by atoms with Gasteiger partial charge in [0, 0.05) is 22.3 Å². The summed E-state index contributed by atoms with van der Waals surface area (Å²) in [5.74, 6) is -1.04. The maximum absolute atomic E-state index is 14.2. The zero-order valence-electron chi connectivity index (χ0n) is 24.8. The molecule has 1 N–H and O–H groups in total. The van der Waals surface area contributed by atoms with Gasteiger partial charge in [0.15, 0.2) is 0 Å². The number of benzene rings is 3. The van der Waals surface area contributed by atoms with Crippen LogP contribution in [-0.2, 0) is 15.7 Å². The number of esters is 1. The zero-order chi connectivity index (χ0) is 32.9. The Morgan fingerprint density at radius 1 is 1.04 bits per heavy atom. The highest BCUT2D eigenvalue weighted by Gasteiger charge is 2.53. The highest BCUT2D eigenvalue weighted by Crippen LogP contribution is 2.42. The summed E-state index contributed by atoms with van der Waals surface area (Å²) >= 11 is 6.97. The van der Waals surface area contributed by atoms with Crippen molar-refractivity contribution >= 4 is 53.2 Å². The third kappa shape index (κ3) is 7.78. The molecule has 3 aromatic rings. The highest BCUT2D eigenvalue weighted by atomic mass is 35.5. The van der Waals surface area contributed by atoms with E-state index in [-0.39, 0.29) is 18.8 Å². The van der Waals surface area contributed by atoms with Crippen LogP contribution in [0.15, 0.2) is 77.9 Å². The van der Waals surface area contributed by atoms with E-state index < -0.39 is 45.8 Å². The first-order valence-electron chi connectivity index (χ1n) is 13.8. The van der Waals surface area contributed by atoms with E-state index in [2.05, 4.69) is 5.32 Å². The third-order valence-electron chi connectivity index (χ3n) is 6.82. The minimum atomic E-state index is -4.55. The van der Waals surface area contributed by atoms with Crippen LogP contribution in [0.2, 0.25) is 5.02 Å². The molecule has 0 saturated carbocycles. The Bertz CT molecular complexity index is 1570. The van der Waals surface area contributed by atoms with Crippen LogP contribution in [0, 0.1) is 0 Å². The van der Waals surface area contributed by atoms with Gasteiger partial charge in [-0.3, -0.25) is 5.32 Å². The van der Waals surface area contributed by atoms with Crippen LogP contribution in [0.5, 0.6) is 0 Å². The van der Waals surface area contributed by atoms with Crippen molar-refractivity contribution in [2.45, 2.75) is 38.9 Å². The number of quaternary nitrogens is 1. The van der Waals surface area contributed by atoms with Gasteiger partial charge in [-0.2, -0.15) is 17.5 Å². The summed E-state index contributed by atoms with van der Waals surface area (Å²) in [5, 5.41) is 8.08. The van der Waals surface area contributed by atoms with Crippen molar-refractivity contribution in [2.24, 2.45) is 5.10 Å². The molecular weight excluding hydrogens is 633 g/mol. The van der Waals surface area contributed by atoms with E-state index in [9.17, 15) is 27.6 Å². The second-order valence-corrected chi connectivity index (χ2v) is 11.8. The molecule has 0 aromatic heterocycles. The molecule has 0 spiro atoms. The van der Waals surface area contributed by atoms with Crippen molar-refractivity contribution < 1.29 is 41.0 Å². The van der Waals surface area contributed by atoms with Crippen LogP contribution in [-0.4, -0.2) is 58.4 Å². The van der Waals surface area contributed by atoms with Gasteiger partial charge in [0.2, 0.25) is 12.1 Å². The van der Waals surface area contributed by atoms with Crippen molar-refractivity contribution in [2.75, 3.05) is 25.6 Å². The highest BCUT2D eigenvalue weighted by molar-refractivity contribution is 7.92. The van der Waals surface area contributed by atoms with Crippen LogP contribution in [0.1, 0.15) is 53.7 Å². The maximum Gasteiger partial charge on any atom is 0.460 e. The molecule has 0 bridgehead atoms. The lowest BCUT2D eigenvalue weighted by molar-refractivity contribution is -0.709. The van der Waals surface area contributed by atoms with Gasteiger partial charge < -0.3 is 9.47 Å². The van der Waals surface area contributed by atoms with Crippen molar-refractivity contribution in [3.05, 3.63) is 100 Å². The van der Waals surface area contributed by atoms with Gasteiger partial charge >= 0.3 is 24.3 Å². The molecule has 3 aromatic carbocycles. The van der Waals surface area contributed by atoms with Crippen LogP contribution in [0.3, 0.4) is 0 Å². The Kier molecular flexibility index (Phi) is 10.5. The molecule has 1 aliphatic heterocycles. The summed E-state index contributed by atoms with van der Waals surface area (Å²) < 4.78 is 50.1. The number of halogens is 4. The van der Waals surface area contributed by atoms with E-state index in [0.717, 1.165) is 36.4 Å². The lowest BCUT2D eigenvalue weighted by Gasteiger charge is -2.30. The minimum absolute atomic E-state index is 0.00467. The number of carbonyl (C=O) groups is 3. The lowest BCUT2D eigenvalue weighted by Crippen LogP contribution is -2.49. The molecule has 0 radical (unpaired) electrons. The summed E-state index contributed by atoms with van der Waals surface area (Å²) in [6, 6.07) is 16.4. The van der Waals surface area contributed by atoms with Gasteiger partial charge in [-0.15, -0.1) is 0 Å². The van der Waals surface area contributed by atoms with Gasteiger partial charge in [-0.1, -0.05) is 41.0 Å². The average molecular weight is 664 g/mol. The molecule has 238 valence electrons. The Balaban J connectivity index is 1.83. The van der Waals surface area contributed by atoms with E-state index in [1.165, 1.54) is 11.4 Å². The van der Waals surface area contributed by atoms with E-state index >= 15 is 0 Å². The average Bonchev–Trinajstić information content (AvgIpc) is 3.40. The topological polar surface area (TPSA) is 97.3 Å². The quantitative estimate of drug-likeness (QED) is 0.149. The molecule has 2 atom stereocenters. The van der Waals surface area contributed by atoms with Crippen LogP contribution in [0.4, 0.5) is 28.4 Å². The van der Waals surface area contributed by atoms with Gasteiger partial charge in [0.1, 0.15) is 12.3 Å². The van der Waals surface area contributed by atoms with Crippen LogP contribution in [0.25, 0.3) is 0 Å². The third-order valence-corrected chi connectivity index (χ3v) is 8.49. The monoisotopic (exact) mass is 663 g/mol. The molecule has 2 unspecified atom stereocenters. The van der Waals surface area contributed by atoms with Gasteiger partial charge in [-0.25, -0.2) is 14.4 Å². The molecule has 3 amide bonds. The summed E-state index contributed by atoms with van der Waals surface area (Å²) in [4.78, 5) is 39.3. The van der Waals surface area contributed by atoms with Crippen LogP contribution < -0.4 is 5.32 Å². The molecular formula is C31H31ClF3N4O5S+. The number of nitrogens with zero attached hydrogens (tertiary/aromatic N) is 3. The van der Waals surface area contributed by atoms with Crippen molar-refractivity contribution in [1.82, 2.24) is 4.31 Å². The Morgan fingerprint density at radius 3 is 2.20 bits per heavy atom. The SMILES string of the molecule is CCOC(=O)N(S[N+]1(C(=O)Nc2ccc(C(F)(F)F)cc2)CC(c2ccc(C(=O)OC)cc2)C(c2ccc(Cl)cc2)=N1)C(C)C. The molecule has 4 rings (SSSR count). The molecule has 0 aliphatic carbocycles. The number of nitrogens with one attached hydrogen (secondary N) is 1. The second kappa shape index (κ2) is 13.9. The number of rotatable bonds is 8. The summed E-state index contributed by atoms with van der Waals surface area (Å²) in [7, 11) is 1.28. The fraction of sp³-hybridized carbons (Fsp3) is 0.290. The van der Waals surface area contributed by atoms with E-state index in [1.807, 2.05) is 0 Å². The number of amides is 3. The molecule has 1 aliphatic rings. The summed E-state index contributed by atoms with van der Waals surface area (Å²) in [6.07, 6.45) is -5.24. The molecule has 0 saturated heterocycles. The Hall–Kier alpha value is -4.07. The number of hydrogen-bond acceptors (Lipinski definition) is 7. The predicted molar refractivity (Wildman–Crippen MR) is 166 cm³/mol. The fourth-order valence-electron chi connectivity index (χ4n) is 4.57. The number of ether oxygens (including phenoxy) is 2. The number of carbonyl (C=O) groups excluding carboxylic acids is 3. The lowest BCUT2D eigenvalue weighted by atomic mass is 9.90. The van der Waals surface area contributed by atoms with Gasteiger partial charge in [0.05, 0.1) is 30.8 Å². The molecule has 0 fully saturated rings. The van der Waals surface area contributed by atoms with Gasteiger partial charge in [-0.05, 0) is 78.9 Å². The number of hydrogen-bond donors (Lipinski definition) is 1. The van der Waals surface area contributed by atoms with E-state index in [0.29, 0.717) is 27.4 Å². The van der Waals surface area contributed by atoms with Crippen molar-refractivity contribution in [3.63, 3.8) is 0 Å². The van der Waals surface area contributed by atoms with Crippen molar-refractivity contribution in [1.29, 1.82) is 0 Å². The summed E-state index contributed by atoms with van der Waals surface area (Å²) in [6.45, 7) is 5.24. The first-order valence-corrected chi connectivity index (χ1v) is 15.0. The first-order chi connectivity index (χ1) is 21.3.